The summed E-state index contributed by atoms with van der Waals surface area (Å²) in [4.78, 5) is 12.3. The van der Waals surface area contributed by atoms with Gasteiger partial charge in [-0.2, -0.15) is 0 Å². The van der Waals surface area contributed by atoms with Gasteiger partial charge in [-0.15, -0.1) is 0 Å². The molecule has 3 nitrogen and oxygen atoms in total. The predicted octanol–water partition coefficient (Wildman–Crippen LogP) is 2.15. The molecular formula is C17H26N2O. The lowest BCUT2D eigenvalue weighted by Crippen LogP contribution is -2.37. The van der Waals surface area contributed by atoms with E-state index in [0.717, 1.165) is 25.8 Å². The number of carbonyl (C=O) groups excluding carboxylic acids is 1. The summed E-state index contributed by atoms with van der Waals surface area (Å²) in [5, 5.41) is 3.47. The fourth-order valence-electron chi connectivity index (χ4n) is 3.02. The molecule has 1 fully saturated rings. The first kappa shape index (κ1) is 15.2. The molecule has 2 unspecified atom stereocenters. The molecule has 3 atom stereocenters. The smallest absolute Gasteiger partial charge is 0.153 e. The highest BCUT2D eigenvalue weighted by molar-refractivity contribution is 5.86. The third kappa shape index (κ3) is 4.15. The molecule has 20 heavy (non-hydrogen) atoms. The molecule has 1 aromatic carbocycles. The van der Waals surface area contributed by atoms with E-state index in [0.29, 0.717) is 12.0 Å². The zero-order valence-electron chi connectivity index (χ0n) is 12.5. The molecule has 0 bridgehead atoms. The van der Waals surface area contributed by atoms with E-state index < -0.39 is 0 Å². The summed E-state index contributed by atoms with van der Waals surface area (Å²) in [6.45, 7) is 5.00. The maximum absolute atomic E-state index is 12.3. The van der Waals surface area contributed by atoms with Crippen molar-refractivity contribution in [2.45, 2.75) is 45.2 Å². The third-order valence-corrected chi connectivity index (χ3v) is 4.04. The second-order valence-electron chi connectivity index (χ2n) is 6.37. The quantitative estimate of drug-likeness (QED) is 0.835. The number of benzene rings is 1. The van der Waals surface area contributed by atoms with Crippen molar-refractivity contribution in [3.63, 3.8) is 0 Å². The van der Waals surface area contributed by atoms with Crippen LogP contribution in [-0.2, 0) is 11.2 Å². The SMILES string of the molecule is CC(C)C[C@H](N)C(=O)C1CNC(Cc2ccccc2)C1. The zero-order chi connectivity index (χ0) is 14.5. The molecule has 0 aliphatic carbocycles. The molecule has 3 N–H and O–H groups in total. The lowest BCUT2D eigenvalue weighted by atomic mass is 9.90. The Kier molecular flexibility index (Phi) is 5.32. The Hall–Kier alpha value is -1.19. The van der Waals surface area contributed by atoms with Crippen LogP contribution in [0.15, 0.2) is 30.3 Å². The fourth-order valence-corrected chi connectivity index (χ4v) is 3.02. The number of Topliss-reactive ketones (excluding diaryl/α,β-unsaturated/α-hetero) is 1. The van der Waals surface area contributed by atoms with E-state index in [9.17, 15) is 4.79 Å². The lowest BCUT2D eigenvalue weighted by Gasteiger charge is -2.16. The van der Waals surface area contributed by atoms with Gasteiger partial charge >= 0.3 is 0 Å². The van der Waals surface area contributed by atoms with Gasteiger partial charge in [-0.05, 0) is 30.7 Å². The summed E-state index contributed by atoms with van der Waals surface area (Å²) in [6, 6.07) is 10.5. The van der Waals surface area contributed by atoms with Crippen LogP contribution in [-0.4, -0.2) is 24.4 Å². The second-order valence-corrected chi connectivity index (χ2v) is 6.37. The topological polar surface area (TPSA) is 55.1 Å². The van der Waals surface area contributed by atoms with Crippen LogP contribution in [0.25, 0.3) is 0 Å². The Morgan fingerprint density at radius 3 is 2.70 bits per heavy atom. The van der Waals surface area contributed by atoms with Crippen LogP contribution in [0.5, 0.6) is 0 Å². The first-order valence-corrected chi connectivity index (χ1v) is 7.63. The van der Waals surface area contributed by atoms with Gasteiger partial charge in [-0.3, -0.25) is 4.79 Å². The molecule has 0 radical (unpaired) electrons. The molecule has 1 heterocycles. The number of ketones is 1. The second kappa shape index (κ2) is 7.00. The average Bonchev–Trinajstić information content (AvgIpc) is 2.86. The van der Waals surface area contributed by atoms with Crippen molar-refractivity contribution in [1.29, 1.82) is 0 Å². The molecule has 110 valence electrons. The Labute approximate surface area is 121 Å². The molecule has 1 aromatic rings. The lowest BCUT2D eigenvalue weighted by molar-refractivity contribution is -0.123. The molecule has 3 heteroatoms. The van der Waals surface area contributed by atoms with Crippen LogP contribution in [0.3, 0.4) is 0 Å². The molecule has 0 saturated carbocycles. The largest absolute Gasteiger partial charge is 0.321 e. The highest BCUT2D eigenvalue weighted by Gasteiger charge is 2.32. The Morgan fingerprint density at radius 1 is 1.35 bits per heavy atom. The van der Waals surface area contributed by atoms with Crippen molar-refractivity contribution in [3.05, 3.63) is 35.9 Å². The molecule has 2 rings (SSSR count). The van der Waals surface area contributed by atoms with Crippen molar-refractivity contribution in [1.82, 2.24) is 5.32 Å². The molecule has 0 amide bonds. The first-order valence-electron chi connectivity index (χ1n) is 7.63. The van der Waals surface area contributed by atoms with Gasteiger partial charge in [0.1, 0.15) is 0 Å². The molecule has 0 spiro atoms. The van der Waals surface area contributed by atoms with Gasteiger partial charge in [0, 0.05) is 18.5 Å². The first-order chi connectivity index (χ1) is 9.56. The van der Waals surface area contributed by atoms with E-state index in [2.05, 4.69) is 43.4 Å². The molecule has 1 saturated heterocycles. The Balaban J connectivity index is 1.84. The number of nitrogens with one attached hydrogen (secondary N) is 1. The van der Waals surface area contributed by atoms with E-state index in [1.807, 2.05) is 6.07 Å². The summed E-state index contributed by atoms with van der Waals surface area (Å²) in [7, 11) is 0. The van der Waals surface area contributed by atoms with Gasteiger partial charge in [0.2, 0.25) is 0 Å². The van der Waals surface area contributed by atoms with Gasteiger partial charge in [0.05, 0.1) is 6.04 Å². The molecule has 0 aromatic heterocycles. The van der Waals surface area contributed by atoms with Gasteiger partial charge in [0.15, 0.2) is 5.78 Å². The van der Waals surface area contributed by atoms with Gasteiger partial charge in [0.25, 0.3) is 0 Å². The number of carbonyl (C=O) groups is 1. The van der Waals surface area contributed by atoms with E-state index in [1.54, 1.807) is 0 Å². The highest BCUT2D eigenvalue weighted by atomic mass is 16.1. The number of hydrogen-bond acceptors (Lipinski definition) is 3. The van der Waals surface area contributed by atoms with Crippen molar-refractivity contribution in [3.8, 4) is 0 Å². The van der Waals surface area contributed by atoms with Gasteiger partial charge in [-0.1, -0.05) is 44.2 Å². The Bertz CT molecular complexity index is 430. The van der Waals surface area contributed by atoms with Crippen LogP contribution in [0.1, 0.15) is 32.3 Å². The van der Waals surface area contributed by atoms with Crippen LogP contribution in [0, 0.1) is 11.8 Å². The number of rotatable bonds is 6. The van der Waals surface area contributed by atoms with Crippen LogP contribution >= 0.6 is 0 Å². The van der Waals surface area contributed by atoms with E-state index in [4.69, 9.17) is 5.73 Å². The Morgan fingerprint density at radius 2 is 2.05 bits per heavy atom. The summed E-state index contributed by atoms with van der Waals surface area (Å²) in [6.07, 6.45) is 2.70. The van der Waals surface area contributed by atoms with E-state index in [-0.39, 0.29) is 17.7 Å². The minimum atomic E-state index is -0.294. The maximum Gasteiger partial charge on any atom is 0.153 e. The molecule has 1 aliphatic rings. The molecular weight excluding hydrogens is 248 g/mol. The van der Waals surface area contributed by atoms with E-state index in [1.165, 1.54) is 5.56 Å². The monoisotopic (exact) mass is 274 g/mol. The maximum atomic E-state index is 12.3. The third-order valence-electron chi connectivity index (χ3n) is 4.04. The van der Waals surface area contributed by atoms with Gasteiger partial charge in [-0.25, -0.2) is 0 Å². The number of nitrogens with two attached hydrogens (primary N) is 1. The summed E-state index contributed by atoms with van der Waals surface area (Å²) < 4.78 is 0. The summed E-state index contributed by atoms with van der Waals surface area (Å²) >= 11 is 0. The number of hydrogen-bond donors (Lipinski definition) is 2. The van der Waals surface area contributed by atoms with Crippen molar-refractivity contribution >= 4 is 5.78 Å². The van der Waals surface area contributed by atoms with Crippen molar-refractivity contribution in [2.75, 3.05) is 6.54 Å². The predicted molar refractivity (Wildman–Crippen MR) is 82.5 cm³/mol. The van der Waals surface area contributed by atoms with Crippen LogP contribution < -0.4 is 11.1 Å². The van der Waals surface area contributed by atoms with Crippen LogP contribution in [0.4, 0.5) is 0 Å². The normalized spacial score (nSPS) is 24.0. The minimum absolute atomic E-state index is 0.0949. The minimum Gasteiger partial charge on any atom is -0.321 e. The van der Waals surface area contributed by atoms with Gasteiger partial charge < -0.3 is 11.1 Å². The van der Waals surface area contributed by atoms with Crippen molar-refractivity contribution in [2.24, 2.45) is 17.6 Å². The van der Waals surface area contributed by atoms with E-state index >= 15 is 0 Å². The fraction of sp³-hybridized carbons (Fsp3) is 0.588. The van der Waals surface area contributed by atoms with Crippen LogP contribution in [0.2, 0.25) is 0 Å². The average molecular weight is 274 g/mol. The highest BCUT2D eigenvalue weighted by Crippen LogP contribution is 2.20. The summed E-state index contributed by atoms with van der Waals surface area (Å²) in [5.41, 5.74) is 7.34. The summed E-state index contributed by atoms with van der Waals surface area (Å²) in [5.74, 6) is 0.808. The zero-order valence-corrected chi connectivity index (χ0v) is 12.5. The molecule has 1 aliphatic heterocycles. The standard InChI is InChI=1S/C17H26N2O/c1-12(2)8-16(18)17(20)14-10-15(19-11-14)9-13-6-4-3-5-7-13/h3-7,12,14-16,19H,8-11,18H2,1-2H3/t14?,15?,16-/m0/s1. The van der Waals surface area contributed by atoms with Crippen molar-refractivity contribution < 1.29 is 4.79 Å².